The lowest BCUT2D eigenvalue weighted by atomic mass is 10.2. The fourth-order valence-corrected chi connectivity index (χ4v) is 2.44. The van der Waals surface area contributed by atoms with Crippen LogP contribution in [0.3, 0.4) is 0 Å². The second kappa shape index (κ2) is 6.00. The summed E-state index contributed by atoms with van der Waals surface area (Å²) < 4.78 is 0. The van der Waals surface area contributed by atoms with E-state index in [2.05, 4.69) is 37.3 Å². The number of aromatic amines is 1. The van der Waals surface area contributed by atoms with Crippen molar-refractivity contribution in [2.75, 3.05) is 24.5 Å². The molecule has 0 saturated carbocycles. The lowest BCUT2D eigenvalue weighted by molar-refractivity contribution is 0.479. The van der Waals surface area contributed by atoms with Crippen LogP contribution in [0.25, 0.3) is 0 Å². The third-order valence-electron chi connectivity index (χ3n) is 3.52. The summed E-state index contributed by atoms with van der Waals surface area (Å²) in [5.74, 6) is 1.74. The summed E-state index contributed by atoms with van der Waals surface area (Å²) in [6.07, 6.45) is 3.54. The number of aromatic nitrogens is 4. The third-order valence-corrected chi connectivity index (χ3v) is 3.52. The van der Waals surface area contributed by atoms with Gasteiger partial charge in [-0.15, -0.1) is 5.10 Å². The van der Waals surface area contributed by atoms with Crippen LogP contribution >= 0.6 is 0 Å². The molecule has 6 heteroatoms. The van der Waals surface area contributed by atoms with Crippen LogP contribution in [0, 0.1) is 0 Å². The van der Waals surface area contributed by atoms with Gasteiger partial charge in [0.25, 0.3) is 0 Å². The zero-order valence-corrected chi connectivity index (χ0v) is 11.7. The van der Waals surface area contributed by atoms with Crippen molar-refractivity contribution in [1.29, 1.82) is 0 Å². The molecule has 0 aliphatic carbocycles. The Kier molecular flexibility index (Phi) is 3.92. The second-order valence-corrected chi connectivity index (χ2v) is 5.20. The Morgan fingerprint density at radius 3 is 3.10 bits per heavy atom. The van der Waals surface area contributed by atoms with E-state index < -0.39 is 0 Å². The van der Waals surface area contributed by atoms with Crippen LogP contribution in [0.15, 0.2) is 24.4 Å². The first-order valence-corrected chi connectivity index (χ1v) is 7.11. The standard InChI is InChI=1S/C14H20N6/c1-11-10-20(9-8-15-11)14-17-13(18-19-14)6-5-12-4-2-3-7-16-12/h2-4,7,11,15H,5-6,8-10H2,1H3,(H,17,18,19)/t11-/m0/s1. The molecule has 1 aliphatic heterocycles. The van der Waals surface area contributed by atoms with Crippen molar-refractivity contribution in [3.05, 3.63) is 35.9 Å². The number of hydrogen-bond donors (Lipinski definition) is 2. The maximum Gasteiger partial charge on any atom is 0.244 e. The molecule has 0 spiro atoms. The fourth-order valence-electron chi connectivity index (χ4n) is 2.44. The van der Waals surface area contributed by atoms with E-state index in [1.54, 1.807) is 0 Å². The van der Waals surface area contributed by atoms with Gasteiger partial charge < -0.3 is 10.2 Å². The Morgan fingerprint density at radius 2 is 2.30 bits per heavy atom. The van der Waals surface area contributed by atoms with Crippen LogP contribution < -0.4 is 10.2 Å². The van der Waals surface area contributed by atoms with Gasteiger partial charge in [0.15, 0.2) is 0 Å². The number of nitrogens with zero attached hydrogens (tertiary/aromatic N) is 4. The van der Waals surface area contributed by atoms with Gasteiger partial charge >= 0.3 is 0 Å². The largest absolute Gasteiger partial charge is 0.337 e. The molecule has 0 unspecified atom stereocenters. The maximum atomic E-state index is 4.59. The smallest absolute Gasteiger partial charge is 0.244 e. The van der Waals surface area contributed by atoms with Crippen molar-refractivity contribution in [2.24, 2.45) is 0 Å². The molecule has 20 heavy (non-hydrogen) atoms. The van der Waals surface area contributed by atoms with Gasteiger partial charge in [-0.05, 0) is 25.5 Å². The van der Waals surface area contributed by atoms with Gasteiger partial charge in [0, 0.05) is 44.0 Å². The fraction of sp³-hybridized carbons (Fsp3) is 0.500. The Morgan fingerprint density at radius 1 is 1.35 bits per heavy atom. The Balaban J connectivity index is 1.59. The summed E-state index contributed by atoms with van der Waals surface area (Å²) in [7, 11) is 0. The molecule has 1 saturated heterocycles. The van der Waals surface area contributed by atoms with Crippen LogP contribution in [-0.2, 0) is 12.8 Å². The van der Waals surface area contributed by atoms with Gasteiger partial charge in [0.05, 0.1) is 0 Å². The van der Waals surface area contributed by atoms with E-state index in [-0.39, 0.29) is 0 Å². The molecule has 0 amide bonds. The molecule has 0 aromatic carbocycles. The average Bonchev–Trinajstić information content (AvgIpc) is 2.95. The average molecular weight is 272 g/mol. The molecule has 3 rings (SSSR count). The highest BCUT2D eigenvalue weighted by Gasteiger charge is 2.19. The lowest BCUT2D eigenvalue weighted by Gasteiger charge is -2.30. The molecule has 1 aliphatic rings. The van der Waals surface area contributed by atoms with E-state index >= 15 is 0 Å². The van der Waals surface area contributed by atoms with Gasteiger partial charge in [0.1, 0.15) is 5.82 Å². The summed E-state index contributed by atoms with van der Waals surface area (Å²) in [6, 6.07) is 6.46. The second-order valence-electron chi connectivity index (χ2n) is 5.20. The summed E-state index contributed by atoms with van der Waals surface area (Å²) in [5.41, 5.74) is 1.08. The molecule has 2 aromatic rings. The quantitative estimate of drug-likeness (QED) is 0.861. The van der Waals surface area contributed by atoms with E-state index in [1.807, 2.05) is 24.4 Å². The van der Waals surface area contributed by atoms with E-state index in [0.29, 0.717) is 6.04 Å². The molecule has 0 radical (unpaired) electrons. The van der Waals surface area contributed by atoms with E-state index in [1.165, 1.54) is 0 Å². The van der Waals surface area contributed by atoms with Crippen molar-refractivity contribution >= 4 is 5.95 Å². The highest BCUT2D eigenvalue weighted by atomic mass is 15.4. The SMILES string of the molecule is C[C@H]1CN(c2n[nH]c(CCc3ccccn3)n2)CCN1. The van der Waals surface area contributed by atoms with Crippen LogP contribution in [-0.4, -0.2) is 45.8 Å². The molecule has 0 bridgehead atoms. The monoisotopic (exact) mass is 272 g/mol. The number of rotatable bonds is 4. The zero-order valence-electron chi connectivity index (χ0n) is 11.7. The van der Waals surface area contributed by atoms with Gasteiger partial charge in [-0.2, -0.15) is 4.98 Å². The first-order chi connectivity index (χ1) is 9.81. The van der Waals surface area contributed by atoms with Crippen LogP contribution in [0.1, 0.15) is 18.4 Å². The topological polar surface area (TPSA) is 69.7 Å². The highest BCUT2D eigenvalue weighted by molar-refractivity contribution is 5.30. The number of pyridine rings is 1. The van der Waals surface area contributed by atoms with E-state index in [4.69, 9.17) is 0 Å². The van der Waals surface area contributed by atoms with Crippen molar-refractivity contribution in [3.63, 3.8) is 0 Å². The van der Waals surface area contributed by atoms with Crippen molar-refractivity contribution < 1.29 is 0 Å². The van der Waals surface area contributed by atoms with Crippen molar-refractivity contribution in [2.45, 2.75) is 25.8 Å². The van der Waals surface area contributed by atoms with Crippen LogP contribution in [0.2, 0.25) is 0 Å². The molecule has 1 fully saturated rings. The van der Waals surface area contributed by atoms with Gasteiger partial charge in [-0.25, -0.2) is 0 Å². The molecule has 106 valence electrons. The number of hydrogen-bond acceptors (Lipinski definition) is 5. The Labute approximate surface area is 118 Å². The molecular formula is C14H20N6. The summed E-state index contributed by atoms with van der Waals surface area (Å²) in [6.45, 7) is 5.08. The van der Waals surface area contributed by atoms with Crippen LogP contribution in [0.5, 0.6) is 0 Å². The first-order valence-electron chi connectivity index (χ1n) is 7.11. The van der Waals surface area contributed by atoms with E-state index in [0.717, 1.165) is 49.9 Å². The minimum atomic E-state index is 0.485. The maximum absolute atomic E-state index is 4.59. The number of aryl methyl sites for hydroxylation is 2. The van der Waals surface area contributed by atoms with Gasteiger partial charge in [-0.3, -0.25) is 10.1 Å². The summed E-state index contributed by atoms with van der Waals surface area (Å²) in [5, 5.41) is 10.8. The minimum Gasteiger partial charge on any atom is -0.337 e. The molecule has 2 aromatic heterocycles. The number of piperazine rings is 1. The molecule has 6 nitrogen and oxygen atoms in total. The first kappa shape index (κ1) is 13.1. The summed E-state index contributed by atoms with van der Waals surface area (Å²) >= 11 is 0. The molecular weight excluding hydrogens is 252 g/mol. The van der Waals surface area contributed by atoms with Gasteiger partial charge in [0.2, 0.25) is 5.95 Å². The van der Waals surface area contributed by atoms with Crippen molar-refractivity contribution in [3.8, 4) is 0 Å². The van der Waals surface area contributed by atoms with Gasteiger partial charge in [-0.1, -0.05) is 6.07 Å². The normalized spacial score (nSPS) is 19.2. The number of H-pyrrole nitrogens is 1. The highest BCUT2D eigenvalue weighted by Crippen LogP contribution is 2.11. The lowest BCUT2D eigenvalue weighted by Crippen LogP contribution is -2.49. The van der Waals surface area contributed by atoms with Crippen LogP contribution in [0.4, 0.5) is 5.95 Å². The summed E-state index contributed by atoms with van der Waals surface area (Å²) in [4.78, 5) is 11.1. The molecule has 1 atom stereocenters. The Bertz CT molecular complexity index is 538. The molecule has 3 heterocycles. The van der Waals surface area contributed by atoms with E-state index in [9.17, 15) is 0 Å². The molecule has 2 N–H and O–H groups in total. The number of nitrogens with one attached hydrogen (secondary N) is 2. The predicted octanol–water partition coefficient (Wildman–Crippen LogP) is 0.783. The Hall–Kier alpha value is -1.95. The third kappa shape index (κ3) is 3.14. The number of anilines is 1. The van der Waals surface area contributed by atoms with Crippen molar-refractivity contribution in [1.82, 2.24) is 25.5 Å². The minimum absolute atomic E-state index is 0.485. The predicted molar refractivity (Wildman–Crippen MR) is 77.7 cm³/mol. The zero-order chi connectivity index (χ0) is 13.8.